The molecule has 0 heterocycles. The third-order valence-electron chi connectivity index (χ3n) is 3.42. The molecule has 0 aliphatic rings. The molecule has 0 saturated carbocycles. The highest BCUT2D eigenvalue weighted by Gasteiger charge is 2.26. The maximum absolute atomic E-state index is 12.6. The lowest BCUT2D eigenvalue weighted by Crippen LogP contribution is -2.41. The third-order valence-corrected chi connectivity index (χ3v) is 3.42. The number of ether oxygens (including phenoxy) is 1. The van der Waals surface area contributed by atoms with Crippen LogP contribution < -0.4 is 5.32 Å². The first-order valence-corrected chi connectivity index (χ1v) is 7.77. The third kappa shape index (κ3) is 6.10. The van der Waals surface area contributed by atoms with Gasteiger partial charge in [0, 0.05) is 18.0 Å². The number of carbonyl (C=O) groups excluding carboxylic acids is 2. The average molecular weight is 315 g/mol. The number of nitrogens with one attached hydrogen (secondary N) is 1. The summed E-state index contributed by atoms with van der Waals surface area (Å²) >= 11 is 0. The largest absolute Gasteiger partial charge is 0.447 e. The number of amides is 1. The Morgan fingerprint density at radius 3 is 2.39 bits per heavy atom. The van der Waals surface area contributed by atoms with Gasteiger partial charge in [-0.25, -0.2) is 0 Å². The Kier molecular flexibility index (Phi) is 7.81. The summed E-state index contributed by atoms with van der Waals surface area (Å²) in [6, 6.07) is 8.81. The monoisotopic (exact) mass is 315 g/mol. The van der Waals surface area contributed by atoms with Crippen LogP contribution in [0.4, 0.5) is 0 Å². The van der Waals surface area contributed by atoms with Crippen molar-refractivity contribution < 1.29 is 14.3 Å². The van der Waals surface area contributed by atoms with Crippen LogP contribution in [0.25, 0.3) is 0 Å². The molecule has 0 bridgehead atoms. The van der Waals surface area contributed by atoms with Crippen LogP contribution in [0.5, 0.6) is 0 Å². The lowest BCUT2D eigenvalue weighted by atomic mass is 10.0. The van der Waals surface area contributed by atoms with Crippen molar-refractivity contribution in [3.05, 3.63) is 61.2 Å². The topological polar surface area (TPSA) is 55.4 Å². The summed E-state index contributed by atoms with van der Waals surface area (Å²) in [7, 11) is 0. The molecular formula is C19H25NO3. The quantitative estimate of drug-likeness (QED) is 0.560. The van der Waals surface area contributed by atoms with Crippen molar-refractivity contribution in [2.24, 2.45) is 5.92 Å². The summed E-state index contributed by atoms with van der Waals surface area (Å²) < 4.78 is 5.39. The van der Waals surface area contributed by atoms with Crippen LogP contribution in [0, 0.1) is 5.92 Å². The maximum atomic E-state index is 12.6. The number of benzene rings is 1. The van der Waals surface area contributed by atoms with Gasteiger partial charge >= 0.3 is 5.97 Å². The lowest BCUT2D eigenvalue weighted by Gasteiger charge is -2.23. The fourth-order valence-electron chi connectivity index (χ4n) is 2.05. The van der Waals surface area contributed by atoms with Crippen molar-refractivity contribution in [1.82, 2.24) is 5.32 Å². The predicted molar refractivity (Wildman–Crippen MR) is 91.7 cm³/mol. The first-order chi connectivity index (χ1) is 11.0. The standard InChI is InChI=1S/C19H25NO3/c1-5-7-13-17(21)23-18(15-11-9-8-10-12-15)19(22)20-16(6-2)14(3)4/h5-6,8-12,14,16,18H,1-2,7,13H2,3-4H3,(H,20,22)/t16-,18?/m1/s1. The number of rotatable bonds is 9. The van der Waals surface area contributed by atoms with E-state index in [0.717, 1.165) is 0 Å². The molecule has 1 amide bonds. The van der Waals surface area contributed by atoms with Crippen molar-refractivity contribution in [2.45, 2.75) is 38.8 Å². The normalized spacial score (nSPS) is 13.0. The molecule has 4 nitrogen and oxygen atoms in total. The number of allylic oxidation sites excluding steroid dienone is 1. The zero-order chi connectivity index (χ0) is 17.2. The Balaban J connectivity index is 2.90. The first-order valence-electron chi connectivity index (χ1n) is 7.77. The molecule has 0 fully saturated rings. The van der Waals surface area contributed by atoms with Gasteiger partial charge in [-0.2, -0.15) is 0 Å². The summed E-state index contributed by atoms with van der Waals surface area (Å²) in [6.45, 7) is 11.3. The molecule has 1 aromatic rings. The average Bonchev–Trinajstić information content (AvgIpc) is 2.55. The van der Waals surface area contributed by atoms with Crippen LogP contribution in [0.1, 0.15) is 38.4 Å². The Morgan fingerprint density at radius 2 is 1.87 bits per heavy atom. The van der Waals surface area contributed by atoms with Crippen LogP contribution >= 0.6 is 0 Å². The summed E-state index contributed by atoms with van der Waals surface area (Å²) in [5, 5.41) is 2.87. The number of carbonyl (C=O) groups is 2. The fourth-order valence-corrected chi connectivity index (χ4v) is 2.05. The highest BCUT2D eigenvalue weighted by molar-refractivity contribution is 5.85. The Labute approximate surface area is 138 Å². The summed E-state index contributed by atoms with van der Waals surface area (Å²) in [6.07, 6.45) is 3.09. The summed E-state index contributed by atoms with van der Waals surface area (Å²) in [5.41, 5.74) is 0.642. The molecule has 0 aliphatic carbocycles. The predicted octanol–water partition coefficient (Wildman–Crippen LogP) is 3.56. The number of hydrogen-bond acceptors (Lipinski definition) is 3. The second kappa shape index (κ2) is 9.62. The number of esters is 1. The smallest absolute Gasteiger partial charge is 0.307 e. The summed E-state index contributed by atoms with van der Waals surface area (Å²) in [5.74, 6) is -0.570. The molecule has 23 heavy (non-hydrogen) atoms. The van der Waals surface area contributed by atoms with Crippen LogP contribution in [-0.2, 0) is 14.3 Å². The maximum Gasteiger partial charge on any atom is 0.307 e. The molecule has 0 spiro atoms. The lowest BCUT2D eigenvalue weighted by molar-refractivity contribution is -0.156. The van der Waals surface area contributed by atoms with Gasteiger partial charge in [0.05, 0.1) is 0 Å². The highest BCUT2D eigenvalue weighted by Crippen LogP contribution is 2.19. The van der Waals surface area contributed by atoms with Gasteiger partial charge in [0.2, 0.25) is 6.10 Å². The van der Waals surface area contributed by atoms with Gasteiger partial charge in [0.25, 0.3) is 5.91 Å². The van der Waals surface area contributed by atoms with E-state index < -0.39 is 12.1 Å². The highest BCUT2D eigenvalue weighted by atomic mass is 16.5. The van der Waals surface area contributed by atoms with E-state index in [2.05, 4.69) is 18.5 Å². The van der Waals surface area contributed by atoms with E-state index in [1.807, 2.05) is 19.9 Å². The van der Waals surface area contributed by atoms with Crippen molar-refractivity contribution in [3.8, 4) is 0 Å². The van der Waals surface area contributed by atoms with Gasteiger partial charge in [-0.3, -0.25) is 9.59 Å². The van der Waals surface area contributed by atoms with E-state index in [-0.39, 0.29) is 24.3 Å². The van der Waals surface area contributed by atoms with E-state index in [1.54, 1.807) is 36.4 Å². The molecule has 1 aromatic carbocycles. The van der Waals surface area contributed by atoms with Crippen molar-refractivity contribution in [3.63, 3.8) is 0 Å². The Hall–Kier alpha value is -2.36. The van der Waals surface area contributed by atoms with E-state index in [0.29, 0.717) is 12.0 Å². The van der Waals surface area contributed by atoms with Crippen LogP contribution in [-0.4, -0.2) is 17.9 Å². The first kappa shape index (κ1) is 18.7. The molecule has 0 aliphatic heterocycles. The minimum absolute atomic E-state index is 0.180. The molecule has 2 atom stereocenters. The van der Waals surface area contributed by atoms with Gasteiger partial charge < -0.3 is 10.1 Å². The molecule has 1 N–H and O–H groups in total. The van der Waals surface area contributed by atoms with Gasteiger partial charge in [0.15, 0.2) is 0 Å². The SMILES string of the molecule is C=CCCC(=O)OC(C(=O)N[C@H](C=C)C(C)C)c1ccccc1. The molecule has 4 heteroatoms. The molecular weight excluding hydrogens is 290 g/mol. The number of hydrogen-bond donors (Lipinski definition) is 1. The molecule has 124 valence electrons. The molecule has 0 aromatic heterocycles. The second-order valence-electron chi connectivity index (χ2n) is 5.62. The van der Waals surface area contributed by atoms with Gasteiger partial charge in [-0.05, 0) is 12.3 Å². The molecule has 1 rings (SSSR count). The molecule has 1 unspecified atom stereocenters. The van der Waals surface area contributed by atoms with Crippen LogP contribution in [0.3, 0.4) is 0 Å². The van der Waals surface area contributed by atoms with E-state index in [1.165, 1.54) is 0 Å². The minimum Gasteiger partial charge on any atom is -0.447 e. The fraction of sp³-hybridized carbons (Fsp3) is 0.368. The molecule has 0 saturated heterocycles. The zero-order valence-electron chi connectivity index (χ0n) is 13.8. The summed E-state index contributed by atoms with van der Waals surface area (Å²) in [4.78, 5) is 24.5. The van der Waals surface area contributed by atoms with Crippen molar-refractivity contribution in [1.29, 1.82) is 0 Å². The van der Waals surface area contributed by atoms with Crippen LogP contribution in [0.15, 0.2) is 55.6 Å². The zero-order valence-corrected chi connectivity index (χ0v) is 13.8. The minimum atomic E-state index is -0.963. The van der Waals surface area contributed by atoms with Gasteiger partial charge in [0.1, 0.15) is 0 Å². The van der Waals surface area contributed by atoms with Crippen LogP contribution in [0.2, 0.25) is 0 Å². The molecule has 0 radical (unpaired) electrons. The van der Waals surface area contributed by atoms with E-state index >= 15 is 0 Å². The van der Waals surface area contributed by atoms with E-state index in [4.69, 9.17) is 4.74 Å². The van der Waals surface area contributed by atoms with E-state index in [9.17, 15) is 9.59 Å². The van der Waals surface area contributed by atoms with Gasteiger partial charge in [-0.15, -0.1) is 13.2 Å². The van der Waals surface area contributed by atoms with Crippen molar-refractivity contribution in [2.75, 3.05) is 0 Å². The second-order valence-corrected chi connectivity index (χ2v) is 5.62. The van der Waals surface area contributed by atoms with Gasteiger partial charge in [-0.1, -0.05) is 56.3 Å². The Morgan fingerprint density at radius 1 is 1.22 bits per heavy atom. The van der Waals surface area contributed by atoms with Crippen molar-refractivity contribution >= 4 is 11.9 Å². The Bertz CT molecular complexity index is 537.